The van der Waals surface area contributed by atoms with E-state index in [0.717, 1.165) is 11.4 Å². The Morgan fingerprint density at radius 1 is 1.32 bits per heavy atom. The molecule has 0 bridgehead atoms. The van der Waals surface area contributed by atoms with Crippen LogP contribution < -0.4 is 4.74 Å². The van der Waals surface area contributed by atoms with E-state index in [9.17, 15) is 4.79 Å². The lowest BCUT2D eigenvalue weighted by Gasteiger charge is -2.09. The third kappa shape index (κ3) is 3.29. The number of carboxylic acid groups (broad SMARTS) is 1. The van der Waals surface area contributed by atoms with Crippen LogP contribution in [0.1, 0.15) is 16.1 Å². The minimum Gasteiger partial charge on any atom is -0.492 e. The molecule has 4 nitrogen and oxygen atoms in total. The molecule has 0 aliphatic rings. The summed E-state index contributed by atoms with van der Waals surface area (Å²) in [5.41, 5.74) is 1.05. The second-order valence-electron chi connectivity index (χ2n) is 4.12. The number of hydrogen-bond donors (Lipinski definition) is 1. The smallest absolute Gasteiger partial charge is 0.337 e. The summed E-state index contributed by atoms with van der Waals surface area (Å²) in [6.45, 7) is 2.85. The average molecular weight is 280 g/mol. The molecule has 1 aromatic carbocycles. The molecule has 19 heavy (non-hydrogen) atoms. The van der Waals surface area contributed by atoms with Gasteiger partial charge in [0.05, 0.1) is 12.1 Å². The molecular weight excluding hydrogens is 266 g/mol. The van der Waals surface area contributed by atoms with Crippen LogP contribution in [0.4, 0.5) is 0 Å². The number of hydrogen-bond acceptors (Lipinski definition) is 2. The quantitative estimate of drug-likeness (QED) is 0.914. The monoisotopic (exact) mass is 279 g/mol. The third-order valence-electron chi connectivity index (χ3n) is 2.89. The normalized spacial score (nSPS) is 10.4. The van der Waals surface area contributed by atoms with Gasteiger partial charge in [-0.2, -0.15) is 0 Å². The van der Waals surface area contributed by atoms with Crippen molar-refractivity contribution in [1.29, 1.82) is 0 Å². The number of rotatable bonds is 5. The molecule has 0 saturated carbocycles. The molecule has 2 rings (SSSR count). The van der Waals surface area contributed by atoms with Gasteiger partial charge in [0.25, 0.3) is 0 Å². The number of benzene rings is 1. The average Bonchev–Trinajstić information content (AvgIpc) is 2.74. The summed E-state index contributed by atoms with van der Waals surface area (Å²) in [6, 6.07) is 8.72. The molecule has 100 valence electrons. The standard InChI is InChI=1S/C14H14ClNO3/c1-10-13(14(17)18)6-7-16(10)8-9-19-12-4-2-11(15)3-5-12/h2-7H,8-9H2,1H3,(H,17,18). The first-order valence-corrected chi connectivity index (χ1v) is 6.23. The summed E-state index contributed by atoms with van der Waals surface area (Å²) in [6.07, 6.45) is 1.75. The first-order chi connectivity index (χ1) is 9.08. The highest BCUT2D eigenvalue weighted by atomic mass is 35.5. The highest BCUT2D eigenvalue weighted by Crippen LogP contribution is 2.16. The molecule has 0 fully saturated rings. The third-order valence-corrected chi connectivity index (χ3v) is 3.14. The van der Waals surface area contributed by atoms with Crippen molar-refractivity contribution in [3.8, 4) is 5.75 Å². The zero-order valence-electron chi connectivity index (χ0n) is 10.5. The van der Waals surface area contributed by atoms with Gasteiger partial charge in [0.1, 0.15) is 12.4 Å². The maximum atomic E-state index is 10.9. The number of ether oxygens (including phenoxy) is 1. The van der Waals surface area contributed by atoms with Gasteiger partial charge in [-0.25, -0.2) is 4.79 Å². The van der Waals surface area contributed by atoms with Gasteiger partial charge in [-0.15, -0.1) is 0 Å². The van der Waals surface area contributed by atoms with Crippen LogP contribution in [-0.2, 0) is 6.54 Å². The minimum absolute atomic E-state index is 0.325. The largest absolute Gasteiger partial charge is 0.492 e. The topological polar surface area (TPSA) is 51.5 Å². The molecule has 0 atom stereocenters. The molecule has 0 radical (unpaired) electrons. The van der Waals surface area contributed by atoms with Crippen LogP contribution in [0.2, 0.25) is 5.02 Å². The van der Waals surface area contributed by atoms with E-state index >= 15 is 0 Å². The van der Waals surface area contributed by atoms with Crippen molar-refractivity contribution in [3.05, 3.63) is 52.8 Å². The number of aromatic carboxylic acids is 1. The molecule has 0 aliphatic carbocycles. The fourth-order valence-corrected chi connectivity index (χ4v) is 1.94. The van der Waals surface area contributed by atoms with Crippen molar-refractivity contribution in [2.45, 2.75) is 13.5 Å². The molecule has 1 aromatic heterocycles. The molecule has 5 heteroatoms. The number of carbonyl (C=O) groups is 1. The summed E-state index contributed by atoms with van der Waals surface area (Å²) >= 11 is 5.78. The highest BCUT2D eigenvalue weighted by molar-refractivity contribution is 6.30. The van der Waals surface area contributed by atoms with Crippen LogP contribution in [0.25, 0.3) is 0 Å². The van der Waals surface area contributed by atoms with E-state index < -0.39 is 5.97 Å². The Labute approximate surface area is 116 Å². The van der Waals surface area contributed by atoms with E-state index in [0.29, 0.717) is 23.7 Å². The van der Waals surface area contributed by atoms with Crippen molar-refractivity contribution in [3.63, 3.8) is 0 Å². The zero-order valence-corrected chi connectivity index (χ0v) is 11.2. The predicted molar refractivity (Wildman–Crippen MR) is 73.1 cm³/mol. The molecule has 1 N–H and O–H groups in total. The van der Waals surface area contributed by atoms with Gasteiger partial charge in [0.15, 0.2) is 0 Å². The summed E-state index contributed by atoms with van der Waals surface area (Å²) in [5, 5.41) is 9.62. The molecule has 0 amide bonds. The van der Waals surface area contributed by atoms with E-state index in [1.54, 1.807) is 43.5 Å². The fourth-order valence-electron chi connectivity index (χ4n) is 1.81. The Morgan fingerprint density at radius 2 is 2.00 bits per heavy atom. The second kappa shape index (κ2) is 5.80. The van der Waals surface area contributed by atoms with E-state index in [4.69, 9.17) is 21.4 Å². The van der Waals surface area contributed by atoms with Crippen LogP contribution in [0, 0.1) is 6.92 Å². The maximum Gasteiger partial charge on any atom is 0.337 e. The second-order valence-corrected chi connectivity index (χ2v) is 4.55. The number of nitrogens with zero attached hydrogens (tertiary/aromatic N) is 1. The maximum absolute atomic E-state index is 10.9. The van der Waals surface area contributed by atoms with Crippen LogP contribution >= 0.6 is 11.6 Å². The van der Waals surface area contributed by atoms with E-state index in [-0.39, 0.29) is 0 Å². The van der Waals surface area contributed by atoms with Gasteiger partial charge < -0.3 is 14.4 Å². The Balaban J connectivity index is 1.92. The van der Waals surface area contributed by atoms with Crippen molar-refractivity contribution < 1.29 is 14.6 Å². The van der Waals surface area contributed by atoms with Crippen LogP contribution in [-0.4, -0.2) is 22.2 Å². The Morgan fingerprint density at radius 3 is 2.58 bits per heavy atom. The number of halogens is 1. The molecule has 0 saturated heterocycles. The molecule has 1 heterocycles. The number of aromatic nitrogens is 1. The minimum atomic E-state index is -0.908. The van der Waals surface area contributed by atoms with Crippen molar-refractivity contribution in [2.24, 2.45) is 0 Å². The highest BCUT2D eigenvalue weighted by Gasteiger charge is 2.10. The summed E-state index contributed by atoms with van der Waals surface area (Å²) in [5.74, 6) is -0.164. The Bertz CT molecular complexity index is 575. The van der Waals surface area contributed by atoms with Gasteiger partial charge in [0, 0.05) is 16.9 Å². The van der Waals surface area contributed by atoms with Gasteiger partial charge in [0.2, 0.25) is 0 Å². The molecular formula is C14H14ClNO3. The predicted octanol–water partition coefficient (Wildman–Crippen LogP) is 3.23. The first kappa shape index (κ1) is 13.5. The van der Waals surface area contributed by atoms with Gasteiger partial charge in [-0.05, 0) is 37.3 Å². The van der Waals surface area contributed by atoms with Gasteiger partial charge >= 0.3 is 5.97 Å². The Kier molecular flexibility index (Phi) is 4.12. The summed E-state index contributed by atoms with van der Waals surface area (Å²) < 4.78 is 7.42. The van der Waals surface area contributed by atoms with Crippen molar-refractivity contribution in [2.75, 3.05) is 6.61 Å². The Hall–Kier alpha value is -1.94. The van der Waals surface area contributed by atoms with Gasteiger partial charge in [-0.1, -0.05) is 11.6 Å². The van der Waals surface area contributed by atoms with E-state index in [2.05, 4.69) is 0 Å². The van der Waals surface area contributed by atoms with E-state index in [1.165, 1.54) is 0 Å². The lowest BCUT2D eigenvalue weighted by atomic mass is 10.2. The first-order valence-electron chi connectivity index (χ1n) is 5.85. The molecule has 2 aromatic rings. The molecule has 0 unspecified atom stereocenters. The lowest BCUT2D eigenvalue weighted by molar-refractivity contribution is 0.0696. The zero-order chi connectivity index (χ0) is 13.8. The van der Waals surface area contributed by atoms with Crippen molar-refractivity contribution >= 4 is 17.6 Å². The summed E-state index contributed by atoms with van der Waals surface area (Å²) in [7, 11) is 0. The van der Waals surface area contributed by atoms with Gasteiger partial charge in [-0.3, -0.25) is 0 Å². The lowest BCUT2D eigenvalue weighted by Crippen LogP contribution is -2.09. The SMILES string of the molecule is Cc1c(C(=O)O)ccn1CCOc1ccc(Cl)cc1. The van der Waals surface area contributed by atoms with Crippen LogP contribution in [0.15, 0.2) is 36.5 Å². The van der Waals surface area contributed by atoms with Crippen LogP contribution in [0.3, 0.4) is 0 Å². The number of carboxylic acids is 1. The fraction of sp³-hybridized carbons (Fsp3) is 0.214. The molecule has 0 aliphatic heterocycles. The summed E-state index contributed by atoms with van der Waals surface area (Å²) in [4.78, 5) is 10.9. The van der Waals surface area contributed by atoms with Crippen molar-refractivity contribution in [1.82, 2.24) is 4.57 Å². The van der Waals surface area contributed by atoms with Crippen LogP contribution in [0.5, 0.6) is 5.75 Å². The molecule has 0 spiro atoms. The van der Waals surface area contributed by atoms with E-state index in [1.807, 2.05) is 4.57 Å².